The smallest absolute Gasteiger partial charge is 0.238 e. The number of rotatable bonds is 7. The van der Waals surface area contributed by atoms with Crippen molar-refractivity contribution in [2.45, 2.75) is 29.9 Å². The minimum Gasteiger partial charge on any atom is -0.497 e. The average molecular weight is 388 g/mol. The van der Waals surface area contributed by atoms with E-state index in [4.69, 9.17) is 9.47 Å². The van der Waals surface area contributed by atoms with Gasteiger partial charge in [-0.3, -0.25) is 4.79 Å². The van der Waals surface area contributed by atoms with Crippen LogP contribution < -0.4 is 25.6 Å². The normalized spacial score (nSPS) is 18.9. The van der Waals surface area contributed by atoms with E-state index in [-0.39, 0.29) is 18.0 Å². The monoisotopic (exact) mass is 387 g/mol. The standard InChI is InChI=1S/C20H25N3O3S/c1-25-14-6-9-16(19(10-14)26-2)17-11-18(23-22-17)20(24)21-12-13-4-7-15(27-3)8-5-13/h4-10,17-18,22-23H,11-12H2,1-3H3,(H,21,24). The van der Waals surface area contributed by atoms with Crippen molar-refractivity contribution in [2.75, 3.05) is 20.5 Å². The van der Waals surface area contributed by atoms with Gasteiger partial charge in [-0.15, -0.1) is 11.8 Å². The van der Waals surface area contributed by atoms with Gasteiger partial charge >= 0.3 is 0 Å². The molecule has 0 aliphatic carbocycles. The third-order valence-electron chi connectivity index (χ3n) is 4.66. The van der Waals surface area contributed by atoms with Crippen molar-refractivity contribution in [1.82, 2.24) is 16.2 Å². The molecule has 1 aliphatic rings. The van der Waals surface area contributed by atoms with Crippen molar-refractivity contribution in [3.05, 3.63) is 53.6 Å². The molecule has 3 N–H and O–H groups in total. The van der Waals surface area contributed by atoms with E-state index in [0.717, 1.165) is 22.6 Å². The maximum absolute atomic E-state index is 12.5. The first kappa shape index (κ1) is 19.5. The fourth-order valence-corrected chi connectivity index (χ4v) is 3.50. The first-order valence-corrected chi connectivity index (χ1v) is 10.0. The number of thioether (sulfide) groups is 1. The zero-order valence-electron chi connectivity index (χ0n) is 15.7. The second kappa shape index (κ2) is 9.12. The van der Waals surface area contributed by atoms with Gasteiger partial charge in [0.05, 0.1) is 20.3 Å². The van der Waals surface area contributed by atoms with Gasteiger partial charge in [0, 0.05) is 23.1 Å². The SMILES string of the molecule is COc1ccc(C2CC(C(=O)NCc3ccc(SC)cc3)NN2)c(OC)c1. The number of methoxy groups -OCH3 is 2. The van der Waals surface area contributed by atoms with Gasteiger partial charge in [-0.2, -0.15) is 0 Å². The fraction of sp³-hybridized carbons (Fsp3) is 0.350. The molecule has 27 heavy (non-hydrogen) atoms. The summed E-state index contributed by atoms with van der Waals surface area (Å²) >= 11 is 1.70. The molecule has 0 spiro atoms. The highest BCUT2D eigenvalue weighted by Gasteiger charge is 2.31. The van der Waals surface area contributed by atoms with Gasteiger partial charge < -0.3 is 14.8 Å². The Hall–Kier alpha value is -2.22. The molecular weight excluding hydrogens is 362 g/mol. The molecule has 2 aromatic carbocycles. The Balaban J connectivity index is 1.57. The highest BCUT2D eigenvalue weighted by Crippen LogP contribution is 2.33. The van der Waals surface area contributed by atoms with Crippen LogP contribution in [0.3, 0.4) is 0 Å². The lowest BCUT2D eigenvalue weighted by Gasteiger charge is -2.15. The summed E-state index contributed by atoms with van der Waals surface area (Å²) in [5.74, 6) is 1.46. The lowest BCUT2D eigenvalue weighted by molar-refractivity contribution is -0.123. The molecule has 1 heterocycles. The van der Waals surface area contributed by atoms with Crippen molar-refractivity contribution in [3.63, 3.8) is 0 Å². The van der Waals surface area contributed by atoms with Crippen LogP contribution in [0, 0.1) is 0 Å². The molecule has 7 heteroatoms. The highest BCUT2D eigenvalue weighted by molar-refractivity contribution is 7.98. The van der Waals surface area contributed by atoms with E-state index in [1.54, 1.807) is 26.0 Å². The van der Waals surface area contributed by atoms with E-state index < -0.39 is 0 Å². The van der Waals surface area contributed by atoms with E-state index in [0.29, 0.717) is 13.0 Å². The number of hydrogen-bond donors (Lipinski definition) is 3. The summed E-state index contributed by atoms with van der Waals surface area (Å²) in [6.45, 7) is 0.516. The Labute approximate surface area is 164 Å². The van der Waals surface area contributed by atoms with Crippen LogP contribution in [0.1, 0.15) is 23.6 Å². The number of carbonyl (C=O) groups excluding carboxylic acids is 1. The summed E-state index contributed by atoms with van der Waals surface area (Å²) in [5, 5.41) is 3.00. The number of amides is 1. The molecule has 1 saturated heterocycles. The zero-order chi connectivity index (χ0) is 19.2. The van der Waals surface area contributed by atoms with Crippen molar-refractivity contribution < 1.29 is 14.3 Å². The zero-order valence-corrected chi connectivity index (χ0v) is 16.6. The molecular formula is C20H25N3O3S. The minimum absolute atomic E-state index is 0.0116. The second-order valence-corrected chi connectivity index (χ2v) is 7.18. The quantitative estimate of drug-likeness (QED) is 0.635. The van der Waals surface area contributed by atoms with E-state index in [2.05, 4.69) is 28.3 Å². The van der Waals surface area contributed by atoms with Crippen LogP contribution in [-0.2, 0) is 11.3 Å². The van der Waals surface area contributed by atoms with E-state index in [9.17, 15) is 4.79 Å². The van der Waals surface area contributed by atoms with Crippen LogP contribution in [0.4, 0.5) is 0 Å². The predicted molar refractivity (Wildman–Crippen MR) is 107 cm³/mol. The number of carbonyl (C=O) groups is 1. The summed E-state index contributed by atoms with van der Waals surface area (Å²) in [6, 6.07) is 13.6. The van der Waals surface area contributed by atoms with Gasteiger partial charge in [-0.1, -0.05) is 18.2 Å². The first-order valence-electron chi connectivity index (χ1n) is 8.78. The van der Waals surface area contributed by atoms with E-state index in [1.807, 2.05) is 36.6 Å². The van der Waals surface area contributed by atoms with E-state index >= 15 is 0 Å². The van der Waals surface area contributed by atoms with Crippen molar-refractivity contribution in [1.29, 1.82) is 0 Å². The molecule has 0 aromatic heterocycles. The maximum atomic E-state index is 12.5. The maximum Gasteiger partial charge on any atom is 0.238 e. The minimum atomic E-state index is -0.299. The number of nitrogens with one attached hydrogen (secondary N) is 3. The van der Waals surface area contributed by atoms with Crippen molar-refractivity contribution >= 4 is 17.7 Å². The second-order valence-electron chi connectivity index (χ2n) is 6.30. The molecule has 1 fully saturated rings. The summed E-state index contributed by atoms with van der Waals surface area (Å²) in [5.41, 5.74) is 8.36. The summed E-state index contributed by atoms with van der Waals surface area (Å²) in [6.07, 6.45) is 2.68. The largest absolute Gasteiger partial charge is 0.497 e. The third kappa shape index (κ3) is 4.74. The lowest BCUT2D eigenvalue weighted by atomic mass is 10.0. The van der Waals surface area contributed by atoms with Crippen LogP contribution in [0.5, 0.6) is 11.5 Å². The van der Waals surface area contributed by atoms with Gasteiger partial charge in [-0.25, -0.2) is 10.9 Å². The highest BCUT2D eigenvalue weighted by atomic mass is 32.2. The van der Waals surface area contributed by atoms with Crippen molar-refractivity contribution in [2.24, 2.45) is 0 Å². The Kier molecular flexibility index (Phi) is 6.60. The molecule has 1 aliphatic heterocycles. The van der Waals surface area contributed by atoms with Crippen LogP contribution in [-0.4, -0.2) is 32.4 Å². The topological polar surface area (TPSA) is 71.6 Å². The summed E-state index contributed by atoms with van der Waals surface area (Å²) < 4.78 is 10.7. The van der Waals surface area contributed by atoms with Gasteiger partial charge in [0.15, 0.2) is 0 Å². The Bertz CT molecular complexity index is 783. The van der Waals surface area contributed by atoms with Gasteiger partial charge in [-0.05, 0) is 36.4 Å². The molecule has 2 atom stereocenters. The Morgan fingerprint density at radius 1 is 1.15 bits per heavy atom. The molecule has 2 aromatic rings. The molecule has 1 amide bonds. The lowest BCUT2D eigenvalue weighted by Crippen LogP contribution is -2.42. The fourth-order valence-electron chi connectivity index (χ4n) is 3.09. The third-order valence-corrected chi connectivity index (χ3v) is 5.41. The van der Waals surface area contributed by atoms with Gasteiger partial charge in [0.2, 0.25) is 5.91 Å². The van der Waals surface area contributed by atoms with Gasteiger partial charge in [0.1, 0.15) is 17.5 Å². The molecule has 3 rings (SSSR count). The Morgan fingerprint density at radius 2 is 1.93 bits per heavy atom. The van der Waals surface area contributed by atoms with Crippen LogP contribution in [0.15, 0.2) is 47.4 Å². The number of benzene rings is 2. The summed E-state index contributed by atoms with van der Waals surface area (Å²) in [4.78, 5) is 13.7. The Morgan fingerprint density at radius 3 is 2.59 bits per heavy atom. The molecule has 144 valence electrons. The van der Waals surface area contributed by atoms with Crippen LogP contribution in [0.25, 0.3) is 0 Å². The van der Waals surface area contributed by atoms with Crippen molar-refractivity contribution in [3.8, 4) is 11.5 Å². The van der Waals surface area contributed by atoms with Crippen LogP contribution in [0.2, 0.25) is 0 Å². The molecule has 6 nitrogen and oxygen atoms in total. The molecule has 0 saturated carbocycles. The first-order chi connectivity index (χ1) is 13.1. The number of hydrazine groups is 1. The molecule has 0 bridgehead atoms. The number of hydrogen-bond acceptors (Lipinski definition) is 6. The van der Waals surface area contributed by atoms with Crippen LogP contribution >= 0.6 is 11.8 Å². The van der Waals surface area contributed by atoms with E-state index in [1.165, 1.54) is 4.90 Å². The van der Waals surface area contributed by atoms with Gasteiger partial charge in [0.25, 0.3) is 0 Å². The average Bonchev–Trinajstić information content (AvgIpc) is 3.22. The predicted octanol–water partition coefficient (Wildman–Crippen LogP) is 2.65. The number of ether oxygens (including phenoxy) is 2. The molecule has 0 radical (unpaired) electrons. The molecule has 2 unspecified atom stereocenters. The summed E-state index contributed by atoms with van der Waals surface area (Å²) in [7, 11) is 3.26.